The Morgan fingerprint density at radius 2 is 1.34 bits per heavy atom. The molecule has 0 saturated carbocycles. The third-order valence-electron chi connectivity index (χ3n) is 5.51. The van der Waals surface area contributed by atoms with Gasteiger partial charge in [-0.25, -0.2) is 25.6 Å². The molecule has 12 heteroatoms. The number of hydrogen-bond acceptors (Lipinski definition) is 5. The van der Waals surface area contributed by atoms with Crippen LogP contribution in [0, 0.1) is 11.6 Å². The summed E-state index contributed by atoms with van der Waals surface area (Å²) >= 11 is 0. The second kappa shape index (κ2) is 9.82. The topological polar surface area (TPSA) is 104 Å². The van der Waals surface area contributed by atoms with E-state index in [9.17, 15) is 30.4 Å². The summed E-state index contributed by atoms with van der Waals surface area (Å²) in [5.74, 6) is -3.20. The minimum atomic E-state index is -4.18. The lowest BCUT2D eigenvalue weighted by Crippen LogP contribution is -2.60. The van der Waals surface area contributed by atoms with Gasteiger partial charge in [0.2, 0.25) is 26.0 Å². The first-order valence-corrected chi connectivity index (χ1v) is 13.4. The highest BCUT2D eigenvalue weighted by Crippen LogP contribution is 2.26. The van der Waals surface area contributed by atoms with E-state index in [0.717, 1.165) is 26.8 Å². The van der Waals surface area contributed by atoms with Crippen molar-refractivity contribution in [3.63, 3.8) is 0 Å². The second-order valence-corrected chi connectivity index (χ2v) is 11.6. The number of halogens is 2. The fraction of sp³-hybridized carbons (Fsp3) is 0.174. The highest BCUT2D eigenvalue weighted by Gasteiger charge is 2.43. The monoisotopic (exact) mass is 521 g/mol. The lowest BCUT2D eigenvalue weighted by Gasteiger charge is -2.38. The van der Waals surface area contributed by atoms with Crippen LogP contribution in [0.25, 0.3) is 0 Å². The summed E-state index contributed by atoms with van der Waals surface area (Å²) in [4.78, 5) is 13.1. The number of rotatable bonds is 6. The van der Waals surface area contributed by atoms with Crippen LogP contribution in [0.4, 0.5) is 14.5 Å². The molecule has 1 amide bonds. The number of amides is 1. The lowest BCUT2D eigenvalue weighted by atomic mass is 10.2. The number of nitrogens with zero attached hydrogens (tertiary/aromatic N) is 2. The van der Waals surface area contributed by atoms with Crippen molar-refractivity contribution in [1.82, 2.24) is 8.61 Å². The quantitative estimate of drug-likeness (QED) is 0.537. The summed E-state index contributed by atoms with van der Waals surface area (Å²) in [6.07, 6.45) is 0. The van der Waals surface area contributed by atoms with Gasteiger partial charge in [-0.15, -0.1) is 0 Å². The molecular formula is C23H21F2N3O5S2. The van der Waals surface area contributed by atoms with Crippen LogP contribution in [0.15, 0.2) is 88.7 Å². The van der Waals surface area contributed by atoms with Crippen LogP contribution in [0.1, 0.15) is 0 Å². The summed E-state index contributed by atoms with van der Waals surface area (Å²) in [6.45, 7) is -0.948. The summed E-state index contributed by atoms with van der Waals surface area (Å²) in [6, 6.07) is 16.2. The SMILES string of the molecule is O=C(Nc1ccc(F)c(F)c1)[C@H]1CN(S(=O)(=O)c2ccccc2)CCN1S(=O)(=O)c1ccccc1. The van der Waals surface area contributed by atoms with Crippen molar-refractivity contribution in [2.24, 2.45) is 0 Å². The third kappa shape index (κ3) is 5.10. The van der Waals surface area contributed by atoms with Crippen molar-refractivity contribution >= 4 is 31.6 Å². The average molecular weight is 522 g/mol. The van der Waals surface area contributed by atoms with Crippen molar-refractivity contribution in [1.29, 1.82) is 0 Å². The predicted octanol–water partition coefficient (Wildman–Crippen LogP) is 2.67. The molecule has 1 heterocycles. The minimum Gasteiger partial charge on any atom is -0.325 e. The molecule has 0 unspecified atom stereocenters. The van der Waals surface area contributed by atoms with E-state index in [1.54, 1.807) is 24.3 Å². The second-order valence-electron chi connectivity index (χ2n) is 7.74. The van der Waals surface area contributed by atoms with Gasteiger partial charge >= 0.3 is 0 Å². The Bertz CT molecular complexity index is 1440. The number of anilines is 1. The largest absolute Gasteiger partial charge is 0.325 e. The fourth-order valence-corrected chi connectivity index (χ4v) is 6.78. The van der Waals surface area contributed by atoms with Gasteiger partial charge in [-0.2, -0.15) is 8.61 Å². The Morgan fingerprint density at radius 1 is 0.771 bits per heavy atom. The number of nitrogens with one attached hydrogen (secondary N) is 1. The summed E-state index contributed by atoms with van der Waals surface area (Å²) in [5, 5.41) is 2.37. The molecule has 3 aromatic rings. The Kier molecular flexibility index (Phi) is 6.99. The highest BCUT2D eigenvalue weighted by molar-refractivity contribution is 7.89. The van der Waals surface area contributed by atoms with Crippen LogP contribution in [0.2, 0.25) is 0 Å². The van der Waals surface area contributed by atoms with Crippen LogP contribution >= 0.6 is 0 Å². The van der Waals surface area contributed by atoms with Crippen molar-refractivity contribution in [3.8, 4) is 0 Å². The third-order valence-corrected chi connectivity index (χ3v) is 9.32. The molecule has 1 fully saturated rings. The summed E-state index contributed by atoms with van der Waals surface area (Å²) in [7, 11) is -8.20. The van der Waals surface area contributed by atoms with Crippen LogP contribution in [-0.4, -0.2) is 57.0 Å². The molecule has 0 spiro atoms. The predicted molar refractivity (Wildman–Crippen MR) is 124 cm³/mol. The van der Waals surface area contributed by atoms with Gasteiger partial charge in [0.1, 0.15) is 6.04 Å². The fourth-order valence-electron chi connectivity index (χ4n) is 3.73. The maximum absolute atomic E-state index is 13.6. The number of carbonyl (C=O) groups excluding carboxylic acids is 1. The van der Waals surface area contributed by atoms with E-state index in [-0.39, 0.29) is 28.6 Å². The molecule has 0 aromatic heterocycles. The Labute approximate surface area is 201 Å². The molecule has 0 radical (unpaired) electrons. The zero-order valence-corrected chi connectivity index (χ0v) is 19.8. The van der Waals surface area contributed by atoms with Crippen molar-refractivity contribution in [2.75, 3.05) is 25.0 Å². The maximum Gasteiger partial charge on any atom is 0.244 e. The van der Waals surface area contributed by atoms with Gasteiger partial charge in [0.25, 0.3) is 0 Å². The molecule has 1 atom stereocenters. The number of carbonyl (C=O) groups is 1. The van der Waals surface area contributed by atoms with Gasteiger partial charge in [0, 0.05) is 31.4 Å². The molecule has 0 bridgehead atoms. The molecule has 1 saturated heterocycles. The minimum absolute atomic E-state index is 0.000805. The van der Waals surface area contributed by atoms with E-state index in [1.165, 1.54) is 36.4 Å². The van der Waals surface area contributed by atoms with Gasteiger partial charge in [0.15, 0.2) is 11.6 Å². The van der Waals surface area contributed by atoms with E-state index in [1.807, 2.05) is 0 Å². The Hall–Kier alpha value is -3.19. The molecule has 1 N–H and O–H groups in total. The zero-order chi connectivity index (χ0) is 25.2. The zero-order valence-electron chi connectivity index (χ0n) is 18.2. The van der Waals surface area contributed by atoms with Gasteiger partial charge in [-0.05, 0) is 36.4 Å². The molecule has 4 rings (SSSR count). The maximum atomic E-state index is 13.6. The van der Waals surface area contributed by atoms with E-state index in [0.29, 0.717) is 0 Å². The van der Waals surface area contributed by atoms with E-state index in [2.05, 4.69) is 5.32 Å². The smallest absolute Gasteiger partial charge is 0.244 e. The lowest BCUT2D eigenvalue weighted by molar-refractivity contribution is -0.120. The van der Waals surface area contributed by atoms with Crippen molar-refractivity contribution in [2.45, 2.75) is 15.8 Å². The van der Waals surface area contributed by atoms with Crippen LogP contribution in [0.5, 0.6) is 0 Å². The molecule has 3 aromatic carbocycles. The number of piperazine rings is 1. The molecular weight excluding hydrogens is 500 g/mol. The first-order valence-electron chi connectivity index (χ1n) is 10.5. The molecule has 1 aliphatic heterocycles. The number of benzene rings is 3. The number of sulfonamides is 2. The highest BCUT2D eigenvalue weighted by atomic mass is 32.2. The van der Waals surface area contributed by atoms with Gasteiger partial charge in [-0.3, -0.25) is 4.79 Å². The van der Waals surface area contributed by atoms with E-state index in [4.69, 9.17) is 0 Å². The molecule has 1 aliphatic rings. The first-order chi connectivity index (χ1) is 16.6. The van der Waals surface area contributed by atoms with Crippen molar-refractivity contribution < 1.29 is 30.4 Å². The first kappa shape index (κ1) is 24.9. The molecule has 8 nitrogen and oxygen atoms in total. The van der Waals surface area contributed by atoms with Crippen LogP contribution < -0.4 is 5.32 Å². The number of hydrogen-bond donors (Lipinski definition) is 1. The van der Waals surface area contributed by atoms with E-state index < -0.39 is 50.2 Å². The standard InChI is InChI=1S/C23H21F2N3O5S2/c24-20-12-11-17(15-21(20)25)26-23(29)22-16-27(34(30,31)18-7-3-1-4-8-18)13-14-28(22)35(32,33)19-9-5-2-6-10-19/h1-12,15,22H,13-14,16H2,(H,26,29)/t22-/m1/s1. The van der Waals surface area contributed by atoms with Gasteiger partial charge in [-0.1, -0.05) is 36.4 Å². The normalized spacial score (nSPS) is 17.7. The molecule has 184 valence electrons. The molecule has 0 aliphatic carbocycles. The molecule has 35 heavy (non-hydrogen) atoms. The van der Waals surface area contributed by atoms with E-state index >= 15 is 0 Å². The summed E-state index contributed by atoms with van der Waals surface area (Å²) in [5.41, 5.74) is -0.103. The van der Waals surface area contributed by atoms with Gasteiger partial charge < -0.3 is 5.32 Å². The average Bonchev–Trinajstić information content (AvgIpc) is 2.87. The van der Waals surface area contributed by atoms with Crippen LogP contribution in [0.3, 0.4) is 0 Å². The Morgan fingerprint density at radius 3 is 1.91 bits per heavy atom. The van der Waals surface area contributed by atoms with Crippen molar-refractivity contribution in [3.05, 3.63) is 90.5 Å². The van der Waals surface area contributed by atoms with Gasteiger partial charge in [0.05, 0.1) is 9.79 Å². The van der Waals surface area contributed by atoms with Crippen LogP contribution in [-0.2, 0) is 24.8 Å². The summed E-state index contributed by atoms with van der Waals surface area (Å²) < 4.78 is 81.9. The Balaban J connectivity index is 1.69.